The highest BCUT2D eigenvalue weighted by Crippen LogP contribution is 2.26. The van der Waals surface area contributed by atoms with E-state index in [2.05, 4.69) is 57.2 Å². The molecule has 2 aliphatic rings. The minimum atomic E-state index is -0.0633. The molecule has 2 rings (SSSR count). The number of nitrogens with zero attached hydrogens (tertiary/aromatic N) is 3. The van der Waals surface area contributed by atoms with E-state index < -0.39 is 0 Å². The van der Waals surface area contributed by atoms with Crippen molar-refractivity contribution in [2.45, 2.75) is 135 Å². The molecule has 0 aliphatic heterocycles. The van der Waals surface area contributed by atoms with E-state index in [1.54, 1.807) is 6.92 Å². The molecule has 0 aromatic carbocycles. The molecule has 0 heterocycles. The van der Waals surface area contributed by atoms with Crippen LogP contribution in [0.1, 0.15) is 99.3 Å². The van der Waals surface area contributed by atoms with Gasteiger partial charge in [-0.15, -0.1) is 0 Å². The Morgan fingerprint density at radius 3 is 1.77 bits per heavy atom. The fraction of sp³-hybridized carbons (Fsp3) is 0.929. The van der Waals surface area contributed by atoms with Crippen LogP contribution < -0.4 is 10.6 Å². The van der Waals surface area contributed by atoms with E-state index in [-0.39, 0.29) is 35.0 Å². The molecule has 4 atom stereocenters. The van der Waals surface area contributed by atoms with Gasteiger partial charge >= 0.3 is 0 Å². The Balaban J connectivity index is 1.87. The number of likely N-dealkylation sites (N-methyl/N-ethyl adjacent to an activating group) is 3. The summed E-state index contributed by atoms with van der Waals surface area (Å²) >= 11 is 0. The first-order valence-electron chi connectivity index (χ1n) is 13.9. The van der Waals surface area contributed by atoms with Crippen LogP contribution in [0, 0.1) is 0 Å². The molecule has 0 spiro atoms. The van der Waals surface area contributed by atoms with Crippen LogP contribution in [0.15, 0.2) is 0 Å². The molecule has 7 nitrogen and oxygen atoms in total. The van der Waals surface area contributed by atoms with Gasteiger partial charge in [-0.05, 0) is 73.8 Å². The van der Waals surface area contributed by atoms with Gasteiger partial charge in [-0.3, -0.25) is 14.5 Å². The molecule has 0 unspecified atom stereocenters. The van der Waals surface area contributed by atoms with Crippen molar-refractivity contribution in [1.29, 1.82) is 0 Å². The maximum Gasteiger partial charge on any atom is 0.236 e. The van der Waals surface area contributed by atoms with Crippen molar-refractivity contribution >= 4 is 11.8 Å². The van der Waals surface area contributed by atoms with Gasteiger partial charge in [0.25, 0.3) is 0 Å². The van der Waals surface area contributed by atoms with Gasteiger partial charge in [-0.2, -0.15) is 0 Å². The molecule has 0 bridgehead atoms. The highest BCUT2D eigenvalue weighted by atomic mass is 16.2. The number of hydrogen-bond acceptors (Lipinski definition) is 5. The third-order valence-corrected chi connectivity index (χ3v) is 8.06. The molecular formula is C28H55N5O2. The van der Waals surface area contributed by atoms with Crippen LogP contribution in [0.4, 0.5) is 0 Å². The number of nitrogens with one attached hydrogen (secondary N) is 2. The molecule has 204 valence electrons. The van der Waals surface area contributed by atoms with Crippen LogP contribution in [-0.4, -0.2) is 96.0 Å². The number of rotatable bonds is 10. The average molecular weight is 494 g/mol. The van der Waals surface area contributed by atoms with E-state index in [9.17, 15) is 9.59 Å². The molecule has 2 aliphatic carbocycles. The number of hydrogen-bond donors (Lipinski definition) is 2. The Labute approximate surface area is 215 Å². The molecule has 35 heavy (non-hydrogen) atoms. The third kappa shape index (κ3) is 9.66. The molecule has 0 aromatic heterocycles. The van der Waals surface area contributed by atoms with Crippen LogP contribution in [0.5, 0.6) is 0 Å². The van der Waals surface area contributed by atoms with E-state index >= 15 is 0 Å². The Morgan fingerprint density at radius 1 is 0.771 bits per heavy atom. The first kappa shape index (κ1) is 30.0. The zero-order valence-corrected chi connectivity index (χ0v) is 24.2. The summed E-state index contributed by atoms with van der Waals surface area (Å²) in [5.74, 6) is 0.350. The van der Waals surface area contributed by atoms with Crippen molar-refractivity contribution in [3.63, 3.8) is 0 Å². The van der Waals surface area contributed by atoms with Gasteiger partial charge in [0.2, 0.25) is 11.8 Å². The standard InChI is InChI=1S/C28H55N5O2/c1-21(34)32(8)24-16-12-11-15-23(24)30-28(5,6)18-19-31(7)20-26(35)33(9)25-17-13-10-14-22(25)29-27(2,3)4/h22-25,29-30H,10-20H2,1-9H3/t22-,23-,24-,25-/m0/s1. The summed E-state index contributed by atoms with van der Waals surface area (Å²) in [6.07, 6.45) is 10.2. The highest BCUT2D eigenvalue weighted by Gasteiger charge is 2.35. The first-order valence-corrected chi connectivity index (χ1v) is 13.9. The molecule has 7 heteroatoms. The average Bonchev–Trinajstić information content (AvgIpc) is 2.76. The summed E-state index contributed by atoms with van der Waals surface area (Å²) in [6, 6.07) is 1.22. The van der Waals surface area contributed by atoms with E-state index in [0.29, 0.717) is 18.6 Å². The van der Waals surface area contributed by atoms with Gasteiger partial charge in [-0.25, -0.2) is 0 Å². The normalized spacial score (nSPS) is 26.0. The lowest BCUT2D eigenvalue weighted by molar-refractivity contribution is -0.134. The molecule has 0 saturated heterocycles. The second kappa shape index (κ2) is 12.9. The van der Waals surface area contributed by atoms with Gasteiger partial charge in [0.15, 0.2) is 0 Å². The summed E-state index contributed by atoms with van der Waals surface area (Å²) < 4.78 is 0. The fourth-order valence-corrected chi connectivity index (χ4v) is 5.93. The van der Waals surface area contributed by atoms with Crippen LogP contribution in [0.2, 0.25) is 0 Å². The molecular weight excluding hydrogens is 438 g/mol. The molecule has 2 fully saturated rings. The van der Waals surface area contributed by atoms with E-state index in [1.807, 2.05) is 23.9 Å². The van der Waals surface area contributed by atoms with Gasteiger partial charge in [-0.1, -0.05) is 25.7 Å². The Kier molecular flexibility index (Phi) is 11.0. The summed E-state index contributed by atoms with van der Waals surface area (Å²) in [6.45, 7) is 14.1. The largest absolute Gasteiger partial charge is 0.341 e. The second-order valence-electron chi connectivity index (χ2n) is 13.0. The van der Waals surface area contributed by atoms with Crippen molar-refractivity contribution in [2.24, 2.45) is 0 Å². The Hall–Kier alpha value is -1.18. The Morgan fingerprint density at radius 2 is 1.26 bits per heavy atom. The van der Waals surface area contributed by atoms with Crippen molar-refractivity contribution in [2.75, 3.05) is 34.2 Å². The van der Waals surface area contributed by atoms with E-state index in [4.69, 9.17) is 0 Å². The minimum absolute atomic E-state index is 0.0517. The van der Waals surface area contributed by atoms with Crippen molar-refractivity contribution in [1.82, 2.24) is 25.3 Å². The van der Waals surface area contributed by atoms with E-state index in [1.165, 1.54) is 25.7 Å². The molecule has 2 saturated carbocycles. The predicted molar refractivity (Wildman–Crippen MR) is 146 cm³/mol. The molecule has 2 amide bonds. The number of carbonyl (C=O) groups excluding carboxylic acids is 2. The quantitative estimate of drug-likeness (QED) is 0.487. The van der Waals surface area contributed by atoms with Crippen LogP contribution in [0.3, 0.4) is 0 Å². The highest BCUT2D eigenvalue weighted by molar-refractivity contribution is 5.78. The van der Waals surface area contributed by atoms with Gasteiger partial charge in [0, 0.05) is 62.8 Å². The lowest BCUT2D eigenvalue weighted by atomic mass is 9.86. The third-order valence-electron chi connectivity index (χ3n) is 8.06. The summed E-state index contributed by atoms with van der Waals surface area (Å²) in [4.78, 5) is 31.3. The van der Waals surface area contributed by atoms with Gasteiger partial charge in [0.05, 0.1) is 6.54 Å². The van der Waals surface area contributed by atoms with Crippen molar-refractivity contribution < 1.29 is 9.59 Å². The summed E-state index contributed by atoms with van der Waals surface area (Å²) in [5.41, 5.74) is -0.0116. The van der Waals surface area contributed by atoms with Crippen LogP contribution in [-0.2, 0) is 9.59 Å². The number of carbonyl (C=O) groups is 2. The van der Waals surface area contributed by atoms with Gasteiger partial charge < -0.3 is 20.4 Å². The maximum absolute atomic E-state index is 13.2. The predicted octanol–water partition coefficient (Wildman–Crippen LogP) is 3.62. The molecule has 2 N–H and O–H groups in total. The van der Waals surface area contributed by atoms with Crippen LogP contribution >= 0.6 is 0 Å². The summed E-state index contributed by atoms with van der Waals surface area (Å²) in [5, 5.41) is 7.63. The zero-order valence-electron chi connectivity index (χ0n) is 24.2. The SMILES string of the molecule is CC(=O)N(C)[C@H]1CCCC[C@@H]1NC(C)(C)CCN(C)CC(=O)N(C)[C@H]1CCCC[C@@H]1NC(C)(C)C. The van der Waals surface area contributed by atoms with E-state index in [0.717, 1.165) is 38.6 Å². The molecule has 0 radical (unpaired) electrons. The smallest absolute Gasteiger partial charge is 0.236 e. The minimum Gasteiger partial charge on any atom is -0.341 e. The zero-order chi connectivity index (χ0) is 26.4. The van der Waals surface area contributed by atoms with Gasteiger partial charge in [0.1, 0.15) is 0 Å². The lowest BCUT2D eigenvalue weighted by Gasteiger charge is -2.43. The lowest BCUT2D eigenvalue weighted by Crippen LogP contribution is -2.58. The fourth-order valence-electron chi connectivity index (χ4n) is 5.93. The first-order chi connectivity index (χ1) is 16.2. The van der Waals surface area contributed by atoms with Crippen LogP contribution in [0.25, 0.3) is 0 Å². The Bertz CT molecular complexity index is 689. The van der Waals surface area contributed by atoms with Crippen molar-refractivity contribution in [3.05, 3.63) is 0 Å². The summed E-state index contributed by atoms with van der Waals surface area (Å²) in [7, 11) is 5.98. The molecule has 0 aromatic rings. The topological polar surface area (TPSA) is 67.9 Å². The maximum atomic E-state index is 13.2. The second-order valence-corrected chi connectivity index (χ2v) is 13.0. The monoisotopic (exact) mass is 493 g/mol. The van der Waals surface area contributed by atoms with Crippen molar-refractivity contribution in [3.8, 4) is 0 Å². The number of amides is 2.